The molecule has 3 rings (SSSR count). The molecule has 0 saturated carbocycles. The molecule has 0 saturated heterocycles. The molecule has 0 unspecified atom stereocenters. The lowest BCUT2D eigenvalue weighted by Gasteiger charge is -2.19. The van der Waals surface area contributed by atoms with Gasteiger partial charge in [0.25, 0.3) is 11.8 Å². The van der Waals surface area contributed by atoms with E-state index in [0.29, 0.717) is 17.9 Å². The van der Waals surface area contributed by atoms with Gasteiger partial charge in [0.2, 0.25) is 5.91 Å². The maximum Gasteiger partial charge on any atom is 0.287 e. The Morgan fingerprint density at radius 2 is 1.68 bits per heavy atom. The monoisotopic (exact) mass is 461 g/mol. The maximum absolute atomic E-state index is 12.6. The highest BCUT2D eigenvalue weighted by Crippen LogP contribution is 2.23. The van der Waals surface area contributed by atoms with Crippen molar-refractivity contribution in [1.29, 1.82) is 0 Å². The Bertz CT molecular complexity index is 1200. The van der Waals surface area contributed by atoms with E-state index in [2.05, 4.69) is 16.0 Å². The third-order valence-corrected chi connectivity index (χ3v) is 5.75. The molecule has 0 aliphatic rings. The van der Waals surface area contributed by atoms with E-state index in [4.69, 9.17) is 4.42 Å². The van der Waals surface area contributed by atoms with Crippen molar-refractivity contribution in [2.45, 2.75) is 40.3 Å². The molecule has 0 spiro atoms. The first kappa shape index (κ1) is 24.8. The number of likely N-dealkylation sites (N-methyl/N-ethyl adjacent to an activating group) is 1. The number of aryl methyl sites for hydroxylation is 2. The van der Waals surface area contributed by atoms with Crippen LogP contribution in [0.4, 0.5) is 0 Å². The van der Waals surface area contributed by atoms with Crippen LogP contribution >= 0.6 is 0 Å². The Hall–Kier alpha value is -3.87. The number of hydrogen-bond donors (Lipinski definition) is 3. The molecular weight excluding hydrogens is 430 g/mol. The van der Waals surface area contributed by atoms with Gasteiger partial charge in [0.05, 0.1) is 0 Å². The molecule has 1 atom stereocenters. The average Bonchev–Trinajstić information content (AvgIpc) is 3.32. The van der Waals surface area contributed by atoms with Gasteiger partial charge in [-0.1, -0.05) is 38.1 Å². The molecule has 0 fully saturated rings. The fourth-order valence-corrected chi connectivity index (χ4v) is 3.52. The molecule has 1 aromatic heterocycles. The third kappa shape index (κ3) is 5.92. The summed E-state index contributed by atoms with van der Waals surface area (Å²) in [6.45, 7) is 8.07. The molecule has 1 heterocycles. The normalized spacial score (nSPS) is 11.7. The minimum absolute atomic E-state index is 0.0750. The van der Waals surface area contributed by atoms with Gasteiger partial charge >= 0.3 is 0 Å². The van der Waals surface area contributed by atoms with Crippen molar-refractivity contribution in [3.63, 3.8) is 0 Å². The minimum atomic E-state index is -0.657. The lowest BCUT2D eigenvalue weighted by atomic mass is 10.0. The van der Waals surface area contributed by atoms with Gasteiger partial charge in [-0.15, -0.1) is 0 Å². The van der Waals surface area contributed by atoms with Gasteiger partial charge in [-0.3, -0.25) is 14.4 Å². The van der Waals surface area contributed by atoms with E-state index in [1.165, 1.54) is 7.05 Å². The molecule has 34 heavy (non-hydrogen) atoms. The average molecular weight is 462 g/mol. The van der Waals surface area contributed by atoms with Crippen molar-refractivity contribution in [3.05, 3.63) is 82.6 Å². The molecule has 0 aliphatic carbocycles. The van der Waals surface area contributed by atoms with Crippen molar-refractivity contribution < 1.29 is 18.8 Å². The number of furan rings is 1. The standard InChI is InChI=1S/C27H31N3O4/c1-16(2)24(27(33)28-5)30-26(32)23-12-11-22(34-23)20-8-6-7-19(14-20)15-29-25(31)21-10-9-17(3)18(4)13-21/h6-14,16,24H,15H2,1-5H3,(H,28,33)(H,29,31)(H,30,32)/t24-/m0/s1. The summed E-state index contributed by atoms with van der Waals surface area (Å²) in [4.78, 5) is 37.2. The van der Waals surface area contributed by atoms with E-state index in [1.807, 2.05) is 70.2 Å². The van der Waals surface area contributed by atoms with Gasteiger partial charge in [-0.25, -0.2) is 0 Å². The zero-order valence-corrected chi connectivity index (χ0v) is 20.2. The second kappa shape index (κ2) is 10.8. The summed E-state index contributed by atoms with van der Waals surface area (Å²) in [6.07, 6.45) is 0. The summed E-state index contributed by atoms with van der Waals surface area (Å²) >= 11 is 0. The molecule has 3 aromatic rings. The lowest BCUT2D eigenvalue weighted by molar-refractivity contribution is -0.123. The summed E-state index contributed by atoms with van der Waals surface area (Å²) < 4.78 is 5.77. The highest BCUT2D eigenvalue weighted by Gasteiger charge is 2.25. The van der Waals surface area contributed by atoms with Crippen molar-refractivity contribution in [1.82, 2.24) is 16.0 Å². The Kier molecular flexibility index (Phi) is 7.89. The first-order valence-electron chi connectivity index (χ1n) is 11.3. The summed E-state index contributed by atoms with van der Waals surface area (Å²) in [5.74, 6) is -0.280. The summed E-state index contributed by atoms with van der Waals surface area (Å²) in [6, 6.07) is 15.8. The van der Waals surface area contributed by atoms with E-state index in [0.717, 1.165) is 22.3 Å². The van der Waals surface area contributed by atoms with E-state index < -0.39 is 11.9 Å². The van der Waals surface area contributed by atoms with E-state index in [9.17, 15) is 14.4 Å². The van der Waals surface area contributed by atoms with Crippen LogP contribution in [-0.4, -0.2) is 30.8 Å². The third-order valence-electron chi connectivity index (χ3n) is 5.75. The van der Waals surface area contributed by atoms with Crippen LogP contribution in [0.5, 0.6) is 0 Å². The largest absolute Gasteiger partial charge is 0.451 e. The molecule has 0 radical (unpaired) electrons. The van der Waals surface area contributed by atoms with Crippen molar-refractivity contribution in [3.8, 4) is 11.3 Å². The highest BCUT2D eigenvalue weighted by molar-refractivity contribution is 5.96. The number of carbonyl (C=O) groups is 3. The van der Waals surface area contributed by atoms with Crippen LogP contribution in [-0.2, 0) is 11.3 Å². The molecule has 0 bridgehead atoms. The molecule has 2 aromatic carbocycles. The van der Waals surface area contributed by atoms with Crippen LogP contribution in [0.15, 0.2) is 59.0 Å². The van der Waals surface area contributed by atoms with E-state index >= 15 is 0 Å². The van der Waals surface area contributed by atoms with Crippen LogP contribution in [0.25, 0.3) is 11.3 Å². The first-order chi connectivity index (χ1) is 16.2. The number of amides is 3. The van der Waals surface area contributed by atoms with Crippen LogP contribution < -0.4 is 16.0 Å². The summed E-state index contributed by atoms with van der Waals surface area (Å²) in [5.41, 5.74) is 4.52. The van der Waals surface area contributed by atoms with Gasteiger partial charge in [0.1, 0.15) is 11.8 Å². The Labute approximate surface area is 199 Å². The molecule has 178 valence electrons. The smallest absolute Gasteiger partial charge is 0.287 e. The zero-order valence-electron chi connectivity index (χ0n) is 20.2. The van der Waals surface area contributed by atoms with Crippen molar-refractivity contribution in [2.75, 3.05) is 7.05 Å². The number of benzene rings is 2. The minimum Gasteiger partial charge on any atom is -0.451 e. The number of nitrogens with one attached hydrogen (secondary N) is 3. The summed E-state index contributed by atoms with van der Waals surface area (Å²) in [5, 5.41) is 8.23. The lowest BCUT2D eigenvalue weighted by Crippen LogP contribution is -2.48. The molecule has 3 N–H and O–H groups in total. The van der Waals surface area contributed by atoms with Crippen LogP contribution in [0, 0.1) is 19.8 Å². The van der Waals surface area contributed by atoms with Crippen molar-refractivity contribution >= 4 is 17.7 Å². The highest BCUT2D eigenvalue weighted by atomic mass is 16.4. The van der Waals surface area contributed by atoms with E-state index in [1.54, 1.807) is 12.1 Å². The molecule has 7 nitrogen and oxygen atoms in total. The van der Waals surface area contributed by atoms with Crippen LogP contribution in [0.1, 0.15) is 51.5 Å². The van der Waals surface area contributed by atoms with Gasteiger partial charge < -0.3 is 20.4 Å². The van der Waals surface area contributed by atoms with Crippen LogP contribution in [0.2, 0.25) is 0 Å². The predicted octanol–water partition coefficient (Wildman–Crippen LogP) is 3.99. The SMILES string of the molecule is CNC(=O)[C@@H](NC(=O)c1ccc(-c2cccc(CNC(=O)c3ccc(C)c(C)c3)c2)o1)C(C)C. The zero-order chi connectivity index (χ0) is 24.8. The second-order valence-electron chi connectivity index (χ2n) is 8.66. The Balaban J connectivity index is 1.68. The summed E-state index contributed by atoms with van der Waals surface area (Å²) in [7, 11) is 1.53. The fraction of sp³-hybridized carbons (Fsp3) is 0.296. The Morgan fingerprint density at radius 3 is 2.35 bits per heavy atom. The van der Waals surface area contributed by atoms with Crippen LogP contribution in [0.3, 0.4) is 0 Å². The maximum atomic E-state index is 12.6. The molecule has 7 heteroatoms. The van der Waals surface area contributed by atoms with Gasteiger partial charge in [0.15, 0.2) is 5.76 Å². The number of carbonyl (C=O) groups excluding carboxylic acids is 3. The molecule has 0 aliphatic heterocycles. The van der Waals surface area contributed by atoms with Crippen molar-refractivity contribution in [2.24, 2.45) is 5.92 Å². The molecule has 3 amide bonds. The predicted molar refractivity (Wildman–Crippen MR) is 131 cm³/mol. The molecular formula is C27H31N3O4. The number of rotatable bonds is 8. The Morgan fingerprint density at radius 1 is 0.912 bits per heavy atom. The van der Waals surface area contributed by atoms with Gasteiger partial charge in [-0.2, -0.15) is 0 Å². The van der Waals surface area contributed by atoms with Gasteiger partial charge in [-0.05, 0) is 66.8 Å². The second-order valence-corrected chi connectivity index (χ2v) is 8.66. The fourth-order valence-electron chi connectivity index (χ4n) is 3.52. The van der Waals surface area contributed by atoms with E-state index in [-0.39, 0.29) is 23.5 Å². The number of hydrogen-bond acceptors (Lipinski definition) is 4. The van der Waals surface area contributed by atoms with Gasteiger partial charge in [0, 0.05) is 24.7 Å². The quantitative estimate of drug-likeness (QED) is 0.472. The topological polar surface area (TPSA) is 100 Å². The first-order valence-corrected chi connectivity index (χ1v) is 11.3.